The molecule has 0 saturated heterocycles. The van der Waals surface area contributed by atoms with Crippen LogP contribution >= 0.6 is 11.8 Å². The van der Waals surface area contributed by atoms with E-state index >= 15 is 0 Å². The Morgan fingerprint density at radius 3 is 2.32 bits per heavy atom. The summed E-state index contributed by atoms with van der Waals surface area (Å²) in [6, 6.07) is 16.8. The van der Waals surface area contributed by atoms with Gasteiger partial charge < -0.3 is 5.32 Å². The van der Waals surface area contributed by atoms with E-state index in [4.69, 9.17) is 10.1 Å². The molecule has 0 unspecified atom stereocenters. The fraction of sp³-hybridized carbons (Fsp3) is 0.321. The van der Waals surface area contributed by atoms with E-state index in [1.54, 1.807) is 11.8 Å². The van der Waals surface area contributed by atoms with Gasteiger partial charge in [0, 0.05) is 28.9 Å². The molecule has 0 radical (unpaired) electrons. The molecule has 0 aliphatic rings. The van der Waals surface area contributed by atoms with Crippen LogP contribution in [0.15, 0.2) is 53.4 Å². The van der Waals surface area contributed by atoms with Crippen molar-refractivity contribution in [2.75, 3.05) is 12.8 Å². The number of carbonyl (C=O) groups excluding carboxylic acids is 1. The summed E-state index contributed by atoms with van der Waals surface area (Å²) in [5, 5.41) is 8.93. The van der Waals surface area contributed by atoms with Crippen molar-refractivity contribution in [2.45, 2.75) is 51.9 Å². The van der Waals surface area contributed by atoms with Gasteiger partial charge in [0.1, 0.15) is 0 Å². The van der Waals surface area contributed by atoms with Crippen LogP contribution < -0.4 is 5.32 Å². The Bertz CT molecular complexity index is 1310. The van der Waals surface area contributed by atoms with E-state index < -0.39 is 0 Å². The Labute approximate surface area is 206 Å². The summed E-state index contributed by atoms with van der Waals surface area (Å²) in [5.74, 6) is 0.0757. The SMILES string of the molecule is CSc1ccc(CCNC(=O)CCc2c(C)nc3c(c(C)nn3-c3ccc(C)cc3)c2C)cc1. The van der Waals surface area contributed by atoms with Gasteiger partial charge in [0.2, 0.25) is 5.91 Å². The van der Waals surface area contributed by atoms with E-state index in [9.17, 15) is 4.79 Å². The summed E-state index contributed by atoms with van der Waals surface area (Å²) >= 11 is 1.73. The van der Waals surface area contributed by atoms with Gasteiger partial charge in [-0.15, -0.1) is 11.8 Å². The van der Waals surface area contributed by atoms with Crippen molar-refractivity contribution < 1.29 is 4.79 Å². The Morgan fingerprint density at radius 1 is 0.941 bits per heavy atom. The van der Waals surface area contributed by atoms with Crippen LogP contribution in [0.5, 0.6) is 0 Å². The maximum atomic E-state index is 12.5. The topological polar surface area (TPSA) is 59.8 Å². The van der Waals surface area contributed by atoms with Crippen LogP contribution in [-0.4, -0.2) is 33.5 Å². The summed E-state index contributed by atoms with van der Waals surface area (Å²) in [4.78, 5) is 18.7. The second kappa shape index (κ2) is 10.4. The van der Waals surface area contributed by atoms with Crippen molar-refractivity contribution in [1.82, 2.24) is 20.1 Å². The van der Waals surface area contributed by atoms with Crippen LogP contribution in [0, 0.1) is 27.7 Å². The van der Waals surface area contributed by atoms with Crippen molar-refractivity contribution in [3.8, 4) is 5.69 Å². The molecule has 0 bridgehead atoms. The average molecular weight is 473 g/mol. The molecule has 2 heterocycles. The van der Waals surface area contributed by atoms with Gasteiger partial charge in [-0.2, -0.15) is 5.10 Å². The van der Waals surface area contributed by atoms with E-state index in [0.29, 0.717) is 19.4 Å². The summed E-state index contributed by atoms with van der Waals surface area (Å²) in [5.41, 5.74) is 8.55. The lowest BCUT2D eigenvalue weighted by molar-refractivity contribution is -0.121. The van der Waals surface area contributed by atoms with Crippen LogP contribution in [0.1, 0.15) is 40.1 Å². The largest absolute Gasteiger partial charge is 0.356 e. The van der Waals surface area contributed by atoms with Crippen LogP contribution in [0.3, 0.4) is 0 Å². The molecule has 0 atom stereocenters. The van der Waals surface area contributed by atoms with Gasteiger partial charge in [-0.25, -0.2) is 9.67 Å². The highest BCUT2D eigenvalue weighted by Gasteiger charge is 2.18. The molecule has 0 spiro atoms. The maximum Gasteiger partial charge on any atom is 0.220 e. The van der Waals surface area contributed by atoms with Crippen molar-refractivity contribution in [3.63, 3.8) is 0 Å². The van der Waals surface area contributed by atoms with E-state index in [0.717, 1.165) is 40.1 Å². The third kappa shape index (κ3) is 5.17. The molecule has 0 aliphatic heterocycles. The highest BCUT2D eigenvalue weighted by molar-refractivity contribution is 7.98. The zero-order valence-corrected chi connectivity index (χ0v) is 21.4. The lowest BCUT2D eigenvalue weighted by Gasteiger charge is -2.12. The van der Waals surface area contributed by atoms with Crippen LogP contribution in [0.4, 0.5) is 0 Å². The number of thioether (sulfide) groups is 1. The smallest absolute Gasteiger partial charge is 0.220 e. The molecule has 1 N–H and O–H groups in total. The Hall–Kier alpha value is -3.12. The fourth-order valence-electron chi connectivity index (χ4n) is 4.41. The molecule has 176 valence electrons. The van der Waals surface area contributed by atoms with E-state index in [1.807, 2.05) is 18.5 Å². The number of amides is 1. The van der Waals surface area contributed by atoms with Gasteiger partial charge in [0.05, 0.1) is 11.4 Å². The van der Waals surface area contributed by atoms with E-state index in [1.165, 1.54) is 21.6 Å². The molecule has 5 nitrogen and oxygen atoms in total. The number of pyridine rings is 1. The molecule has 1 amide bonds. The number of rotatable bonds is 8. The zero-order valence-electron chi connectivity index (χ0n) is 20.6. The number of nitrogens with zero attached hydrogens (tertiary/aromatic N) is 3. The number of aromatic nitrogens is 3. The van der Waals surface area contributed by atoms with Gasteiger partial charge in [-0.1, -0.05) is 29.8 Å². The van der Waals surface area contributed by atoms with E-state index in [-0.39, 0.29) is 5.91 Å². The first-order chi connectivity index (χ1) is 16.4. The molecule has 2 aromatic heterocycles. The second-order valence-electron chi connectivity index (χ2n) is 8.78. The summed E-state index contributed by atoms with van der Waals surface area (Å²) < 4.78 is 1.92. The minimum atomic E-state index is 0.0757. The summed E-state index contributed by atoms with van der Waals surface area (Å²) in [6.07, 6.45) is 4.03. The molecule has 4 rings (SSSR count). The molecule has 4 aromatic rings. The molecule has 2 aromatic carbocycles. The van der Waals surface area contributed by atoms with E-state index in [2.05, 4.69) is 74.0 Å². The lowest BCUT2D eigenvalue weighted by Crippen LogP contribution is -2.26. The predicted molar refractivity (Wildman–Crippen MR) is 141 cm³/mol. The van der Waals surface area contributed by atoms with Crippen LogP contribution in [0.2, 0.25) is 0 Å². The number of benzene rings is 2. The highest BCUT2D eigenvalue weighted by Crippen LogP contribution is 2.28. The standard InChI is InChI=1S/C28H32N4OS/c1-18-6-10-23(11-7-18)32-28-27(21(4)31-32)19(2)25(20(3)30-28)14-15-26(33)29-17-16-22-8-12-24(34-5)13-9-22/h6-13H,14-17H2,1-5H3,(H,29,33). The van der Waals surface area contributed by atoms with Gasteiger partial charge in [0.15, 0.2) is 5.65 Å². The number of hydrogen-bond donors (Lipinski definition) is 1. The number of fused-ring (bicyclic) bond motifs is 1. The van der Waals surface area contributed by atoms with Crippen molar-refractivity contribution >= 4 is 28.7 Å². The van der Waals surface area contributed by atoms with Gasteiger partial charge >= 0.3 is 0 Å². The van der Waals surface area contributed by atoms with Gasteiger partial charge in [0.25, 0.3) is 0 Å². The average Bonchev–Trinajstić information content (AvgIpc) is 3.15. The quantitative estimate of drug-likeness (QED) is 0.336. The number of nitrogens with one attached hydrogen (secondary N) is 1. The Kier molecular flexibility index (Phi) is 7.37. The molecule has 0 saturated carbocycles. The summed E-state index contributed by atoms with van der Waals surface area (Å²) in [6.45, 7) is 8.90. The second-order valence-corrected chi connectivity index (χ2v) is 9.66. The number of hydrogen-bond acceptors (Lipinski definition) is 4. The predicted octanol–water partition coefficient (Wildman–Crippen LogP) is 5.67. The Morgan fingerprint density at radius 2 is 1.65 bits per heavy atom. The molecule has 34 heavy (non-hydrogen) atoms. The van der Waals surface area contributed by atoms with Gasteiger partial charge in [-0.3, -0.25) is 4.79 Å². The number of aryl methyl sites for hydroxylation is 4. The molecular formula is C28H32N4OS. The number of carbonyl (C=O) groups is 1. The van der Waals surface area contributed by atoms with Crippen molar-refractivity contribution in [2.24, 2.45) is 0 Å². The molecule has 6 heteroatoms. The zero-order chi connectivity index (χ0) is 24.2. The first-order valence-corrected chi connectivity index (χ1v) is 12.9. The lowest BCUT2D eigenvalue weighted by atomic mass is 9.99. The van der Waals surface area contributed by atoms with Crippen molar-refractivity contribution in [3.05, 3.63) is 82.2 Å². The molecular weight excluding hydrogens is 440 g/mol. The summed E-state index contributed by atoms with van der Waals surface area (Å²) in [7, 11) is 0. The molecule has 0 fully saturated rings. The minimum absolute atomic E-state index is 0.0757. The third-order valence-corrected chi connectivity index (χ3v) is 7.09. The first-order valence-electron chi connectivity index (χ1n) is 11.7. The highest BCUT2D eigenvalue weighted by atomic mass is 32.2. The first kappa shape index (κ1) is 24.0. The van der Waals surface area contributed by atoms with Crippen LogP contribution in [0.25, 0.3) is 16.7 Å². The minimum Gasteiger partial charge on any atom is -0.356 e. The normalized spacial score (nSPS) is 11.2. The van der Waals surface area contributed by atoms with Crippen LogP contribution in [-0.2, 0) is 17.6 Å². The Balaban J connectivity index is 1.44. The van der Waals surface area contributed by atoms with Gasteiger partial charge in [-0.05, 0) is 87.7 Å². The monoisotopic (exact) mass is 472 g/mol. The maximum absolute atomic E-state index is 12.5. The fourth-order valence-corrected chi connectivity index (χ4v) is 4.81. The van der Waals surface area contributed by atoms with Crippen molar-refractivity contribution in [1.29, 1.82) is 0 Å². The molecule has 0 aliphatic carbocycles. The third-order valence-electron chi connectivity index (χ3n) is 6.35.